The van der Waals surface area contributed by atoms with Crippen LogP contribution in [0.5, 0.6) is 5.75 Å². The second kappa shape index (κ2) is 9.96. The number of ether oxygens (including phenoxy) is 3. The third-order valence-corrected chi connectivity index (χ3v) is 6.28. The summed E-state index contributed by atoms with van der Waals surface area (Å²) in [4.78, 5) is 23.3. The molecule has 0 amide bonds. The number of carbonyl (C=O) groups excluding carboxylic acids is 2. The van der Waals surface area contributed by atoms with Gasteiger partial charge in [0.05, 0.1) is 7.11 Å². The molecule has 0 unspecified atom stereocenters. The summed E-state index contributed by atoms with van der Waals surface area (Å²) in [5.74, 6) is 0.729. The molecule has 0 spiro atoms. The first kappa shape index (κ1) is 22.1. The van der Waals surface area contributed by atoms with Crippen molar-refractivity contribution in [2.24, 2.45) is 17.3 Å². The van der Waals surface area contributed by atoms with Crippen molar-refractivity contribution < 1.29 is 23.8 Å². The summed E-state index contributed by atoms with van der Waals surface area (Å²) < 4.78 is 16.3. The van der Waals surface area contributed by atoms with Crippen molar-refractivity contribution in [1.29, 1.82) is 0 Å². The number of rotatable bonds is 6. The highest BCUT2D eigenvalue weighted by Crippen LogP contribution is 2.54. The molecule has 5 heteroatoms. The Morgan fingerprint density at radius 2 is 1.73 bits per heavy atom. The second-order valence-corrected chi connectivity index (χ2v) is 8.44. The number of carbonyl (C=O) groups is 2. The second-order valence-electron chi connectivity index (χ2n) is 8.44. The average Bonchev–Trinajstić information content (AvgIpc) is 2.97. The summed E-state index contributed by atoms with van der Waals surface area (Å²) in [7, 11) is 1.66. The third-order valence-electron chi connectivity index (χ3n) is 6.28. The van der Waals surface area contributed by atoms with Gasteiger partial charge in [-0.15, -0.1) is 0 Å². The van der Waals surface area contributed by atoms with Crippen molar-refractivity contribution in [2.45, 2.75) is 46.0 Å². The molecule has 1 aromatic rings. The van der Waals surface area contributed by atoms with Gasteiger partial charge in [-0.3, -0.25) is 9.59 Å². The molecule has 1 fully saturated rings. The molecule has 0 N–H and O–H groups in total. The normalized spacial score (nSPS) is 25.0. The number of benzene rings is 1. The summed E-state index contributed by atoms with van der Waals surface area (Å²) >= 11 is 0. The van der Waals surface area contributed by atoms with E-state index in [4.69, 9.17) is 14.2 Å². The topological polar surface area (TPSA) is 61.8 Å². The molecule has 1 saturated carbocycles. The first-order valence-corrected chi connectivity index (χ1v) is 10.7. The lowest BCUT2D eigenvalue weighted by molar-refractivity contribution is -0.153. The minimum Gasteiger partial charge on any atom is -0.497 e. The van der Waals surface area contributed by atoms with E-state index in [2.05, 4.69) is 18.2 Å². The van der Waals surface area contributed by atoms with Gasteiger partial charge in [-0.05, 0) is 49.3 Å². The maximum atomic E-state index is 11.6. The minimum absolute atomic E-state index is 0.249. The van der Waals surface area contributed by atoms with Gasteiger partial charge in [0, 0.05) is 25.2 Å². The van der Waals surface area contributed by atoms with E-state index in [0.717, 1.165) is 43.4 Å². The molecule has 2 atom stereocenters. The van der Waals surface area contributed by atoms with Gasteiger partial charge in [-0.1, -0.05) is 42.4 Å². The number of hydrogen-bond donors (Lipinski definition) is 0. The van der Waals surface area contributed by atoms with Crippen molar-refractivity contribution in [2.75, 3.05) is 20.3 Å². The maximum absolute atomic E-state index is 11.6. The van der Waals surface area contributed by atoms with Crippen LogP contribution < -0.4 is 4.74 Å². The Morgan fingerprint density at radius 1 is 1.07 bits per heavy atom. The van der Waals surface area contributed by atoms with Crippen molar-refractivity contribution in [1.82, 2.24) is 0 Å². The quantitative estimate of drug-likeness (QED) is 0.488. The molecular weight excluding hydrogens is 380 g/mol. The molecule has 5 nitrogen and oxygen atoms in total. The van der Waals surface area contributed by atoms with Crippen molar-refractivity contribution in [3.63, 3.8) is 0 Å². The van der Waals surface area contributed by atoms with Crippen LogP contribution in [0.4, 0.5) is 0 Å². The van der Waals surface area contributed by atoms with Crippen LogP contribution in [0.1, 0.15) is 51.5 Å². The third kappa shape index (κ3) is 5.32. The van der Waals surface area contributed by atoms with Crippen LogP contribution in [0.2, 0.25) is 0 Å². The lowest BCUT2D eigenvalue weighted by atomic mass is 9.73. The van der Waals surface area contributed by atoms with E-state index in [1.54, 1.807) is 7.11 Å². The molecule has 2 aliphatic carbocycles. The Morgan fingerprint density at radius 3 is 2.33 bits per heavy atom. The first-order chi connectivity index (χ1) is 14.4. The maximum Gasteiger partial charge on any atom is 0.302 e. The van der Waals surface area contributed by atoms with E-state index in [0.29, 0.717) is 0 Å². The van der Waals surface area contributed by atoms with E-state index >= 15 is 0 Å². The van der Waals surface area contributed by atoms with Crippen LogP contribution in [-0.4, -0.2) is 32.3 Å². The van der Waals surface area contributed by atoms with Gasteiger partial charge in [-0.25, -0.2) is 0 Å². The lowest BCUT2D eigenvalue weighted by Gasteiger charge is -2.36. The molecular formula is C25H32O5. The largest absolute Gasteiger partial charge is 0.497 e. The minimum atomic E-state index is -0.401. The molecule has 0 saturated heterocycles. The van der Waals surface area contributed by atoms with Gasteiger partial charge >= 0.3 is 11.9 Å². The zero-order chi connectivity index (χ0) is 21.6. The predicted octanol–water partition coefficient (Wildman–Crippen LogP) is 4.96. The van der Waals surface area contributed by atoms with Crippen LogP contribution in [0.15, 0.2) is 42.0 Å². The van der Waals surface area contributed by atoms with Crippen LogP contribution in [0, 0.1) is 17.3 Å². The SMILES string of the molecule is COc1ccc(/C=C2/CC(COC(C)=O)(COC(C)=O)[C@@H]3CCCC/C=C\[C@@H]23)cc1. The summed E-state index contributed by atoms with van der Waals surface area (Å²) in [6.45, 7) is 3.39. The number of allylic oxidation sites excluding steroid dienone is 3. The highest BCUT2D eigenvalue weighted by atomic mass is 16.5. The molecule has 2 aliphatic rings. The fraction of sp³-hybridized carbons (Fsp3) is 0.520. The molecule has 3 rings (SSSR count). The predicted molar refractivity (Wildman–Crippen MR) is 116 cm³/mol. The van der Waals surface area contributed by atoms with Gasteiger partial charge in [-0.2, -0.15) is 0 Å². The Labute approximate surface area is 179 Å². The molecule has 0 aliphatic heterocycles. The molecule has 30 heavy (non-hydrogen) atoms. The van der Waals surface area contributed by atoms with Gasteiger partial charge in [0.2, 0.25) is 0 Å². The fourth-order valence-electron chi connectivity index (χ4n) is 4.82. The van der Waals surface area contributed by atoms with Crippen LogP contribution in [0.25, 0.3) is 6.08 Å². The smallest absolute Gasteiger partial charge is 0.302 e. The number of hydrogen-bond acceptors (Lipinski definition) is 5. The molecule has 0 aromatic heterocycles. The standard InChI is InChI=1S/C25H32O5/c1-18(26)29-16-25(17-30-19(2)27)15-21(14-20-10-12-22(28-3)13-11-20)23-8-6-4-5-7-9-24(23)25/h6,8,10-14,23-24H,4-5,7,9,15-17H2,1-3H3/b8-6-,21-14-/t23-,24+/m0/s1. The zero-order valence-corrected chi connectivity index (χ0v) is 18.2. The highest BCUT2D eigenvalue weighted by molar-refractivity contribution is 5.66. The van der Waals surface area contributed by atoms with Crippen LogP contribution in [0.3, 0.4) is 0 Å². The van der Waals surface area contributed by atoms with E-state index in [-0.39, 0.29) is 37.0 Å². The Hall–Kier alpha value is -2.56. The summed E-state index contributed by atoms with van der Waals surface area (Å²) in [5, 5.41) is 0. The number of fused-ring (bicyclic) bond motifs is 1. The average molecular weight is 413 g/mol. The lowest BCUT2D eigenvalue weighted by Crippen LogP contribution is -2.39. The van der Waals surface area contributed by atoms with Crippen molar-refractivity contribution in [3.8, 4) is 5.75 Å². The number of esters is 2. The Kier molecular flexibility index (Phi) is 7.35. The first-order valence-electron chi connectivity index (χ1n) is 10.7. The zero-order valence-electron chi connectivity index (χ0n) is 18.2. The Bertz CT molecular complexity index is 787. The fourth-order valence-corrected chi connectivity index (χ4v) is 4.82. The molecule has 0 heterocycles. The van der Waals surface area contributed by atoms with Crippen molar-refractivity contribution >= 4 is 18.0 Å². The molecule has 0 radical (unpaired) electrons. The van der Waals surface area contributed by atoms with E-state index in [9.17, 15) is 9.59 Å². The summed E-state index contributed by atoms with van der Waals surface area (Å²) in [6.07, 6.45) is 11.9. The van der Waals surface area contributed by atoms with Crippen LogP contribution in [-0.2, 0) is 19.1 Å². The Balaban J connectivity index is 1.99. The summed E-state index contributed by atoms with van der Waals surface area (Å²) in [6, 6.07) is 8.01. The number of methoxy groups -OCH3 is 1. The van der Waals surface area contributed by atoms with E-state index in [1.165, 1.54) is 19.4 Å². The monoisotopic (exact) mass is 412 g/mol. The highest BCUT2D eigenvalue weighted by Gasteiger charge is 2.51. The van der Waals surface area contributed by atoms with Gasteiger partial charge in [0.25, 0.3) is 0 Å². The summed E-state index contributed by atoms with van der Waals surface area (Å²) in [5.41, 5.74) is 2.00. The van der Waals surface area contributed by atoms with E-state index < -0.39 is 5.41 Å². The molecule has 0 bridgehead atoms. The van der Waals surface area contributed by atoms with Crippen molar-refractivity contribution in [3.05, 3.63) is 47.6 Å². The van der Waals surface area contributed by atoms with Gasteiger partial charge in [0.15, 0.2) is 0 Å². The van der Waals surface area contributed by atoms with Gasteiger partial charge < -0.3 is 14.2 Å². The van der Waals surface area contributed by atoms with Gasteiger partial charge in [0.1, 0.15) is 19.0 Å². The van der Waals surface area contributed by atoms with E-state index in [1.807, 2.05) is 24.3 Å². The molecule has 162 valence electrons. The molecule has 1 aromatic carbocycles. The van der Waals surface area contributed by atoms with Crippen LogP contribution >= 0.6 is 0 Å².